The summed E-state index contributed by atoms with van der Waals surface area (Å²) >= 11 is 0. The van der Waals surface area contributed by atoms with Crippen LogP contribution in [0.4, 0.5) is 0 Å². The van der Waals surface area contributed by atoms with Crippen LogP contribution in [0.3, 0.4) is 0 Å². The number of aromatic nitrogens is 4. The number of carbonyl (C=O) groups excluding carboxylic acids is 1. The second-order valence-corrected chi connectivity index (χ2v) is 4.80. The highest BCUT2D eigenvalue weighted by Crippen LogP contribution is 2.20. The number of nitrogens with one attached hydrogen (secondary N) is 1. The van der Waals surface area contributed by atoms with Crippen molar-refractivity contribution in [2.75, 3.05) is 0 Å². The molecular weight excluding hydrogens is 278 g/mol. The standard InChI is InChI=1S/C16H15N5O/c1-21-10-9-19-15(21)14(12-5-3-2-4-6-12)20-16(22)13-11-17-7-8-18-13/h2-11,14H,1H3,(H,20,22)/t14-/m0/s1. The minimum Gasteiger partial charge on any atom is -0.337 e. The molecule has 0 aliphatic carbocycles. The van der Waals surface area contributed by atoms with Gasteiger partial charge in [-0.1, -0.05) is 30.3 Å². The molecule has 0 fully saturated rings. The van der Waals surface area contributed by atoms with Crippen molar-refractivity contribution in [1.29, 1.82) is 0 Å². The van der Waals surface area contributed by atoms with Gasteiger partial charge in [0.15, 0.2) is 0 Å². The summed E-state index contributed by atoms with van der Waals surface area (Å²) in [6.07, 6.45) is 8.02. The van der Waals surface area contributed by atoms with Gasteiger partial charge < -0.3 is 9.88 Å². The molecule has 1 amide bonds. The lowest BCUT2D eigenvalue weighted by Crippen LogP contribution is -2.31. The van der Waals surface area contributed by atoms with Crippen molar-refractivity contribution in [3.05, 3.63) is 78.4 Å². The Bertz CT molecular complexity index is 754. The number of benzene rings is 1. The first-order valence-electron chi connectivity index (χ1n) is 6.85. The number of hydrogen-bond donors (Lipinski definition) is 1. The van der Waals surface area contributed by atoms with E-state index in [1.54, 1.807) is 6.20 Å². The molecule has 2 aromatic heterocycles. The van der Waals surface area contributed by atoms with Crippen LogP contribution in [0.1, 0.15) is 27.9 Å². The van der Waals surface area contributed by atoms with Crippen molar-refractivity contribution in [3.63, 3.8) is 0 Å². The van der Waals surface area contributed by atoms with Crippen LogP contribution in [0.2, 0.25) is 0 Å². The summed E-state index contributed by atoms with van der Waals surface area (Å²) in [5, 5.41) is 2.97. The Morgan fingerprint density at radius 2 is 1.95 bits per heavy atom. The number of nitrogens with zero attached hydrogens (tertiary/aromatic N) is 4. The molecule has 0 bridgehead atoms. The van der Waals surface area contributed by atoms with Crippen molar-refractivity contribution in [3.8, 4) is 0 Å². The van der Waals surface area contributed by atoms with Gasteiger partial charge in [-0.25, -0.2) is 9.97 Å². The van der Waals surface area contributed by atoms with Gasteiger partial charge in [0.2, 0.25) is 0 Å². The van der Waals surface area contributed by atoms with Gasteiger partial charge in [-0.05, 0) is 5.56 Å². The third-order valence-electron chi connectivity index (χ3n) is 3.32. The molecule has 0 unspecified atom stereocenters. The molecule has 0 spiro atoms. The van der Waals surface area contributed by atoms with Crippen LogP contribution < -0.4 is 5.32 Å². The minimum absolute atomic E-state index is 0.276. The molecule has 6 heteroatoms. The molecule has 1 N–H and O–H groups in total. The highest BCUT2D eigenvalue weighted by atomic mass is 16.2. The zero-order valence-corrected chi connectivity index (χ0v) is 12.0. The maximum absolute atomic E-state index is 12.4. The molecule has 0 aliphatic heterocycles. The zero-order chi connectivity index (χ0) is 15.4. The summed E-state index contributed by atoms with van der Waals surface area (Å²) in [5.74, 6) is 0.466. The van der Waals surface area contributed by atoms with Crippen LogP contribution in [-0.4, -0.2) is 25.4 Å². The van der Waals surface area contributed by atoms with E-state index < -0.39 is 0 Å². The molecule has 1 atom stereocenters. The molecule has 3 rings (SSSR count). The number of hydrogen-bond acceptors (Lipinski definition) is 4. The summed E-state index contributed by atoms with van der Waals surface area (Å²) in [6.45, 7) is 0. The van der Waals surface area contributed by atoms with Crippen LogP contribution in [0.25, 0.3) is 0 Å². The molecule has 0 saturated carbocycles. The second kappa shape index (κ2) is 6.17. The van der Waals surface area contributed by atoms with E-state index in [0.29, 0.717) is 0 Å². The SMILES string of the molecule is Cn1ccnc1[C@@H](NC(=O)c1cnccn1)c1ccccc1. The van der Waals surface area contributed by atoms with Gasteiger partial charge in [0.05, 0.1) is 6.20 Å². The average molecular weight is 293 g/mol. The molecule has 22 heavy (non-hydrogen) atoms. The molecule has 0 saturated heterocycles. The van der Waals surface area contributed by atoms with Crippen molar-refractivity contribution in [2.45, 2.75) is 6.04 Å². The van der Waals surface area contributed by atoms with Crippen LogP contribution in [0.15, 0.2) is 61.3 Å². The Kier molecular flexibility index (Phi) is 3.91. The number of rotatable bonds is 4. The smallest absolute Gasteiger partial charge is 0.272 e. The van der Waals surface area contributed by atoms with E-state index in [4.69, 9.17) is 0 Å². The monoisotopic (exact) mass is 293 g/mol. The van der Waals surface area contributed by atoms with E-state index in [1.807, 2.05) is 48.1 Å². The first-order valence-corrected chi connectivity index (χ1v) is 6.85. The number of carbonyl (C=O) groups is 1. The lowest BCUT2D eigenvalue weighted by molar-refractivity contribution is 0.0935. The summed E-state index contributed by atoms with van der Waals surface area (Å²) in [5.41, 5.74) is 1.23. The Morgan fingerprint density at radius 3 is 2.59 bits per heavy atom. The van der Waals surface area contributed by atoms with E-state index in [0.717, 1.165) is 11.4 Å². The lowest BCUT2D eigenvalue weighted by Gasteiger charge is -2.18. The van der Waals surface area contributed by atoms with E-state index in [2.05, 4.69) is 20.3 Å². The molecule has 3 aromatic rings. The third kappa shape index (κ3) is 2.85. The van der Waals surface area contributed by atoms with Crippen molar-refractivity contribution in [1.82, 2.24) is 24.8 Å². The van der Waals surface area contributed by atoms with Crippen molar-refractivity contribution in [2.24, 2.45) is 7.05 Å². The number of imidazole rings is 1. The molecule has 2 heterocycles. The van der Waals surface area contributed by atoms with Crippen molar-refractivity contribution < 1.29 is 4.79 Å². The second-order valence-electron chi connectivity index (χ2n) is 4.80. The fraction of sp³-hybridized carbons (Fsp3) is 0.125. The van der Waals surface area contributed by atoms with Gasteiger partial charge in [0.25, 0.3) is 5.91 Å². The molecule has 110 valence electrons. The predicted molar refractivity (Wildman–Crippen MR) is 81.0 cm³/mol. The Morgan fingerprint density at radius 1 is 1.14 bits per heavy atom. The van der Waals surface area contributed by atoms with E-state index >= 15 is 0 Å². The van der Waals surface area contributed by atoms with Crippen LogP contribution >= 0.6 is 0 Å². The van der Waals surface area contributed by atoms with E-state index in [9.17, 15) is 4.79 Å². The Labute approximate surface area is 127 Å². The van der Waals surface area contributed by atoms with Crippen LogP contribution in [0, 0.1) is 0 Å². The Balaban J connectivity index is 1.93. The van der Waals surface area contributed by atoms with Crippen LogP contribution in [-0.2, 0) is 7.05 Å². The largest absolute Gasteiger partial charge is 0.337 e. The first kappa shape index (κ1) is 13.9. The van der Waals surface area contributed by atoms with Gasteiger partial charge in [-0.3, -0.25) is 9.78 Å². The fourth-order valence-electron chi connectivity index (χ4n) is 2.22. The topological polar surface area (TPSA) is 72.7 Å². The van der Waals surface area contributed by atoms with Crippen LogP contribution in [0.5, 0.6) is 0 Å². The molecule has 0 radical (unpaired) electrons. The first-order chi connectivity index (χ1) is 10.8. The summed E-state index contributed by atoms with van der Waals surface area (Å²) in [7, 11) is 1.90. The number of aryl methyl sites for hydroxylation is 1. The van der Waals surface area contributed by atoms with Gasteiger partial charge in [0, 0.05) is 31.8 Å². The fourth-order valence-corrected chi connectivity index (χ4v) is 2.22. The quantitative estimate of drug-likeness (QED) is 0.795. The third-order valence-corrected chi connectivity index (χ3v) is 3.32. The maximum atomic E-state index is 12.4. The molecule has 6 nitrogen and oxygen atoms in total. The van der Waals surface area contributed by atoms with Gasteiger partial charge in [-0.15, -0.1) is 0 Å². The normalized spacial score (nSPS) is 11.9. The van der Waals surface area contributed by atoms with E-state index in [-0.39, 0.29) is 17.6 Å². The highest BCUT2D eigenvalue weighted by molar-refractivity contribution is 5.92. The summed E-state index contributed by atoms with van der Waals surface area (Å²) in [4.78, 5) is 24.7. The summed E-state index contributed by atoms with van der Waals surface area (Å²) < 4.78 is 1.88. The molecule has 0 aliphatic rings. The van der Waals surface area contributed by atoms with Crippen molar-refractivity contribution >= 4 is 5.91 Å². The Hall–Kier alpha value is -3.02. The van der Waals surface area contributed by atoms with Gasteiger partial charge >= 0.3 is 0 Å². The molecule has 1 aromatic carbocycles. The van der Waals surface area contributed by atoms with E-state index in [1.165, 1.54) is 18.6 Å². The molecular formula is C16H15N5O. The van der Waals surface area contributed by atoms with Gasteiger partial charge in [0.1, 0.15) is 17.6 Å². The lowest BCUT2D eigenvalue weighted by atomic mass is 10.1. The highest BCUT2D eigenvalue weighted by Gasteiger charge is 2.21. The average Bonchev–Trinajstić information content (AvgIpc) is 3.00. The predicted octanol–water partition coefficient (Wildman–Crippen LogP) is 1.73. The summed E-state index contributed by atoms with van der Waals surface area (Å²) in [6, 6.07) is 9.35. The maximum Gasteiger partial charge on any atom is 0.272 e. The van der Waals surface area contributed by atoms with Gasteiger partial charge in [-0.2, -0.15) is 0 Å². The zero-order valence-electron chi connectivity index (χ0n) is 12.0. The number of amides is 1. The minimum atomic E-state index is -0.351.